The van der Waals surface area contributed by atoms with Crippen molar-refractivity contribution in [1.29, 1.82) is 0 Å². The van der Waals surface area contributed by atoms with E-state index in [-0.39, 0.29) is 0 Å². The molecule has 2 aliphatic heterocycles. The van der Waals surface area contributed by atoms with Gasteiger partial charge >= 0.3 is 0 Å². The Balaban J connectivity index is 0.000000146. The van der Waals surface area contributed by atoms with Gasteiger partial charge in [0.1, 0.15) is 0 Å². The molecule has 0 amide bonds. The molecule has 3 N–H and O–H groups in total. The van der Waals surface area contributed by atoms with Crippen molar-refractivity contribution < 1.29 is 0 Å². The van der Waals surface area contributed by atoms with E-state index in [1.807, 2.05) is 0 Å². The molecule has 0 aromatic rings. The Hall–Kier alpha value is -0.160. The molecule has 0 bridgehead atoms. The molecule has 14 heavy (non-hydrogen) atoms. The fraction of sp³-hybridized carbons (Fsp3) is 1.00. The predicted octanol–water partition coefficient (Wildman–Crippen LogP) is -0.909. The highest BCUT2D eigenvalue weighted by molar-refractivity contribution is 4.64. The van der Waals surface area contributed by atoms with Crippen LogP contribution in [0.25, 0.3) is 0 Å². The van der Waals surface area contributed by atoms with Crippen LogP contribution in [0.4, 0.5) is 0 Å². The lowest BCUT2D eigenvalue weighted by Crippen LogP contribution is -2.43. The molecule has 0 aromatic carbocycles. The Labute approximate surface area is 87.4 Å². The van der Waals surface area contributed by atoms with Gasteiger partial charge in [0.25, 0.3) is 0 Å². The minimum atomic E-state index is 1.14. The number of nitrogens with one attached hydrogen (secondary N) is 3. The summed E-state index contributed by atoms with van der Waals surface area (Å²) in [6.07, 6.45) is 0. The van der Waals surface area contributed by atoms with E-state index in [9.17, 15) is 0 Å². The predicted molar refractivity (Wildman–Crippen MR) is 60.7 cm³/mol. The first kappa shape index (κ1) is 11.9. The second-order valence-electron chi connectivity index (χ2n) is 3.68. The summed E-state index contributed by atoms with van der Waals surface area (Å²) in [5, 5.41) is 9.75. The summed E-state index contributed by atoms with van der Waals surface area (Å²) in [6, 6.07) is 0. The second kappa shape index (κ2) is 8.17. The maximum absolute atomic E-state index is 3.31. The summed E-state index contributed by atoms with van der Waals surface area (Å²) in [5.41, 5.74) is 0. The van der Waals surface area contributed by atoms with Gasteiger partial charge in [0, 0.05) is 52.4 Å². The molecule has 0 atom stereocenters. The van der Waals surface area contributed by atoms with Crippen LogP contribution in [-0.2, 0) is 0 Å². The average Bonchev–Trinajstić information content (AvgIpc) is 2.33. The molecule has 2 aliphatic rings. The molecule has 0 spiro atoms. The number of hydrogen-bond donors (Lipinski definition) is 3. The van der Waals surface area contributed by atoms with Crippen LogP contribution < -0.4 is 16.0 Å². The standard InChI is InChI=1S/C6H14N2.C4H10N2/c1-2-8-5-3-7-4-6-8;1-2-6-4-3-5-1/h7H,2-6H2,1H3;5-6H,1-4H2. The van der Waals surface area contributed by atoms with E-state index in [2.05, 4.69) is 27.8 Å². The van der Waals surface area contributed by atoms with E-state index < -0.39 is 0 Å². The zero-order valence-corrected chi connectivity index (χ0v) is 9.31. The first-order valence-electron chi connectivity index (χ1n) is 5.78. The molecule has 0 unspecified atom stereocenters. The lowest BCUT2D eigenvalue weighted by atomic mass is 10.4. The Morgan fingerprint density at radius 2 is 1.21 bits per heavy atom. The fourth-order valence-corrected chi connectivity index (χ4v) is 1.63. The van der Waals surface area contributed by atoms with Gasteiger partial charge in [0.05, 0.1) is 0 Å². The minimum Gasteiger partial charge on any atom is -0.314 e. The molecule has 0 aromatic heterocycles. The van der Waals surface area contributed by atoms with Crippen molar-refractivity contribution in [1.82, 2.24) is 20.9 Å². The van der Waals surface area contributed by atoms with E-state index in [0.29, 0.717) is 0 Å². The molecule has 84 valence electrons. The van der Waals surface area contributed by atoms with E-state index in [0.717, 1.165) is 26.2 Å². The van der Waals surface area contributed by atoms with Crippen LogP contribution in [0.2, 0.25) is 0 Å². The third-order valence-corrected chi connectivity index (χ3v) is 2.61. The highest BCUT2D eigenvalue weighted by Crippen LogP contribution is 1.88. The van der Waals surface area contributed by atoms with Gasteiger partial charge in [-0.15, -0.1) is 0 Å². The highest BCUT2D eigenvalue weighted by atomic mass is 15.2. The summed E-state index contributed by atoms with van der Waals surface area (Å²) in [7, 11) is 0. The smallest absolute Gasteiger partial charge is 0.0107 e. The molecule has 2 rings (SSSR count). The molecule has 4 nitrogen and oxygen atoms in total. The third kappa shape index (κ3) is 5.54. The lowest BCUT2D eigenvalue weighted by molar-refractivity contribution is 0.253. The molecule has 2 heterocycles. The maximum Gasteiger partial charge on any atom is 0.0107 e. The molecule has 2 fully saturated rings. The highest BCUT2D eigenvalue weighted by Gasteiger charge is 2.04. The zero-order valence-electron chi connectivity index (χ0n) is 9.31. The van der Waals surface area contributed by atoms with Crippen molar-refractivity contribution in [2.75, 3.05) is 58.9 Å². The van der Waals surface area contributed by atoms with Gasteiger partial charge in [0.15, 0.2) is 0 Å². The van der Waals surface area contributed by atoms with Gasteiger partial charge < -0.3 is 20.9 Å². The average molecular weight is 200 g/mol. The molecule has 2 saturated heterocycles. The molecule has 0 aliphatic carbocycles. The largest absolute Gasteiger partial charge is 0.314 e. The summed E-state index contributed by atoms with van der Waals surface area (Å²) in [5.74, 6) is 0. The first-order valence-corrected chi connectivity index (χ1v) is 5.78. The van der Waals surface area contributed by atoms with Crippen LogP contribution >= 0.6 is 0 Å². The Bertz CT molecular complexity index is 108. The van der Waals surface area contributed by atoms with E-state index in [4.69, 9.17) is 0 Å². The van der Waals surface area contributed by atoms with Crippen molar-refractivity contribution in [2.45, 2.75) is 6.92 Å². The van der Waals surface area contributed by atoms with Gasteiger partial charge in [-0.25, -0.2) is 0 Å². The molecular weight excluding hydrogens is 176 g/mol. The Kier molecular flexibility index (Phi) is 6.95. The molecular formula is C10H24N4. The van der Waals surface area contributed by atoms with Crippen LogP contribution in [-0.4, -0.2) is 63.8 Å². The fourth-order valence-electron chi connectivity index (χ4n) is 1.63. The van der Waals surface area contributed by atoms with Crippen molar-refractivity contribution in [2.24, 2.45) is 0 Å². The van der Waals surface area contributed by atoms with Gasteiger partial charge in [-0.05, 0) is 6.54 Å². The summed E-state index contributed by atoms with van der Waals surface area (Å²) in [6.45, 7) is 12.8. The molecule has 0 saturated carbocycles. The maximum atomic E-state index is 3.31. The summed E-state index contributed by atoms with van der Waals surface area (Å²) in [4.78, 5) is 2.45. The first-order chi connectivity index (χ1) is 6.93. The van der Waals surface area contributed by atoms with E-state index >= 15 is 0 Å². The molecule has 0 radical (unpaired) electrons. The van der Waals surface area contributed by atoms with Gasteiger partial charge in [-0.3, -0.25) is 0 Å². The van der Waals surface area contributed by atoms with Crippen LogP contribution in [0.3, 0.4) is 0 Å². The number of hydrogen-bond acceptors (Lipinski definition) is 4. The van der Waals surface area contributed by atoms with E-state index in [1.165, 1.54) is 32.7 Å². The second-order valence-corrected chi connectivity index (χ2v) is 3.68. The SMILES string of the molecule is C1CNCCN1.CCN1CCNCC1. The Morgan fingerprint density at radius 1 is 0.786 bits per heavy atom. The van der Waals surface area contributed by atoms with Crippen molar-refractivity contribution in [3.8, 4) is 0 Å². The van der Waals surface area contributed by atoms with Gasteiger partial charge in [-0.2, -0.15) is 0 Å². The number of piperazine rings is 2. The van der Waals surface area contributed by atoms with Crippen LogP contribution in [0.15, 0.2) is 0 Å². The van der Waals surface area contributed by atoms with Gasteiger partial charge in [0.2, 0.25) is 0 Å². The van der Waals surface area contributed by atoms with Crippen LogP contribution in [0.5, 0.6) is 0 Å². The van der Waals surface area contributed by atoms with Crippen molar-refractivity contribution >= 4 is 0 Å². The number of likely N-dealkylation sites (N-methyl/N-ethyl adjacent to an activating group) is 1. The molecule has 4 heteroatoms. The zero-order chi connectivity index (χ0) is 10.1. The normalized spacial score (nSPS) is 23.8. The Morgan fingerprint density at radius 3 is 1.50 bits per heavy atom. The van der Waals surface area contributed by atoms with E-state index in [1.54, 1.807) is 0 Å². The number of nitrogens with zero attached hydrogens (tertiary/aromatic N) is 1. The summed E-state index contributed by atoms with van der Waals surface area (Å²) >= 11 is 0. The summed E-state index contributed by atoms with van der Waals surface area (Å²) < 4.78 is 0. The van der Waals surface area contributed by atoms with Gasteiger partial charge in [-0.1, -0.05) is 6.92 Å². The van der Waals surface area contributed by atoms with Crippen molar-refractivity contribution in [3.05, 3.63) is 0 Å². The third-order valence-electron chi connectivity index (χ3n) is 2.61. The van der Waals surface area contributed by atoms with Crippen molar-refractivity contribution in [3.63, 3.8) is 0 Å². The quantitative estimate of drug-likeness (QED) is 0.512. The van der Waals surface area contributed by atoms with Crippen LogP contribution in [0.1, 0.15) is 6.92 Å². The lowest BCUT2D eigenvalue weighted by Gasteiger charge is -2.25. The topological polar surface area (TPSA) is 39.3 Å². The number of rotatable bonds is 1. The minimum absolute atomic E-state index is 1.14. The van der Waals surface area contributed by atoms with Crippen LogP contribution in [0, 0.1) is 0 Å². The monoisotopic (exact) mass is 200 g/mol.